The van der Waals surface area contributed by atoms with E-state index in [2.05, 4.69) is 50.1 Å². The van der Waals surface area contributed by atoms with Gasteiger partial charge in [-0.3, -0.25) is 44.6 Å². The molecule has 16 nitrogen and oxygen atoms in total. The Morgan fingerprint density at radius 2 is 1.64 bits per heavy atom. The second-order valence-corrected chi connectivity index (χ2v) is 19.1. The summed E-state index contributed by atoms with van der Waals surface area (Å²) in [6, 6.07) is 14.9. The fourth-order valence-corrected chi connectivity index (χ4v) is 10.6. The Hall–Kier alpha value is -6.27. The molecule has 4 fully saturated rings. The fourth-order valence-electron chi connectivity index (χ4n) is 10.6. The first-order valence-electron chi connectivity index (χ1n) is 23.7. The van der Waals surface area contributed by atoms with E-state index in [1.807, 2.05) is 35.8 Å². The molecule has 0 unspecified atom stereocenters. The highest BCUT2D eigenvalue weighted by Crippen LogP contribution is 2.35. The summed E-state index contributed by atoms with van der Waals surface area (Å²) in [5.74, 6) is -3.42. The summed E-state index contributed by atoms with van der Waals surface area (Å²) in [6.07, 6.45) is 5.88. The Labute approximate surface area is 387 Å². The lowest BCUT2D eigenvalue weighted by Gasteiger charge is -2.46. The van der Waals surface area contributed by atoms with Crippen LogP contribution in [-0.4, -0.2) is 123 Å². The van der Waals surface area contributed by atoms with Crippen LogP contribution in [0.1, 0.15) is 78.5 Å². The van der Waals surface area contributed by atoms with Gasteiger partial charge >= 0.3 is 0 Å². The number of carbonyl (C=O) groups excluding carboxylic acids is 4. The maximum Gasteiger partial charge on any atom is 0.258 e. The van der Waals surface area contributed by atoms with Crippen LogP contribution in [0, 0.1) is 30.4 Å². The molecule has 3 aromatic heterocycles. The molecule has 2 atom stereocenters. The van der Waals surface area contributed by atoms with Crippen molar-refractivity contribution in [2.75, 3.05) is 69.2 Å². The van der Waals surface area contributed by atoms with Crippen LogP contribution in [-0.2, 0) is 34.5 Å². The summed E-state index contributed by atoms with van der Waals surface area (Å²) in [5.41, 5.74) is 5.70. The number of likely N-dealkylation sites (tertiary alicyclic amines) is 1. The molecule has 0 saturated carbocycles. The van der Waals surface area contributed by atoms with E-state index in [0.29, 0.717) is 74.2 Å². The third kappa shape index (κ3) is 9.12. The monoisotopic (exact) mass is 918 g/mol. The van der Waals surface area contributed by atoms with Crippen LogP contribution in [0.15, 0.2) is 54.7 Å². The zero-order chi connectivity index (χ0) is 46.5. The normalized spacial score (nSPS) is 21.7. The highest BCUT2D eigenvalue weighted by atomic mass is 19.1. The number of nitrogens with one attached hydrogen (secondary N) is 2. The number of nitrogens with zero attached hydrogens (tertiary/aromatic N) is 9. The van der Waals surface area contributed by atoms with E-state index in [0.717, 1.165) is 80.8 Å². The number of hydrogen-bond donors (Lipinski definition) is 2. The minimum Gasteiger partial charge on any atom is -0.370 e. The molecule has 5 aliphatic rings. The number of anilines is 2. The molecular formula is C49H58F2N11O5+. The lowest BCUT2D eigenvalue weighted by atomic mass is 9.89. The van der Waals surface area contributed by atoms with Crippen LogP contribution in [0.2, 0.25) is 0 Å². The molecule has 5 aromatic rings. The Bertz CT molecular complexity index is 2710. The van der Waals surface area contributed by atoms with Gasteiger partial charge in [-0.25, -0.2) is 13.8 Å². The van der Waals surface area contributed by atoms with Crippen LogP contribution in [0.25, 0.3) is 22.4 Å². The molecule has 2 bridgehead atoms. The largest absolute Gasteiger partial charge is 0.370 e. The molecule has 67 heavy (non-hydrogen) atoms. The second kappa shape index (κ2) is 18.4. The topological polar surface area (TPSA) is 154 Å². The standard InChI is InChI=1S/C49H57F2N11O5/c1-30-5-4-20-67-62-42(12-13-56(62)3)41-23-33(21-31(2)52-41)46(64)55-49-53-40-8-6-32(22-43(40)61(49)26-30)27-57-14-10-35(11-15-57)58-16-18-59(19-17-58)48(66)34-28-60(29-34)36-24-38(50)45(39(51)25-36)37-7-9-44(63)54-47(37)65/h6,8,12-13,21-25,30,34-35,37H,4-5,7,9-11,14-20,26-29H2,1-3H3,(H-,53,54,55,63,64,65)/p+1/t30-,37-/m1/s1. The SMILES string of the molecule is Cc1cc2cc(n1)-c1cc[n+](C)n1OCCC[C@@H](C)Cn1c(nc3ccc(CN4CCC(N5CCN(C(=O)C6CN(c7cc(F)c([C@H]8CCC(=O)NC8=O)c(F)c7)C6)CC5)CC4)cc31)NC2=O. The van der Waals surface area contributed by atoms with E-state index in [1.54, 1.807) is 21.9 Å². The molecule has 0 radical (unpaired) electrons. The van der Waals surface area contributed by atoms with Crippen molar-refractivity contribution in [1.82, 2.24) is 39.4 Å². The molecule has 2 aromatic carbocycles. The van der Waals surface area contributed by atoms with Crippen molar-refractivity contribution >= 4 is 46.3 Å². The predicted molar refractivity (Wildman–Crippen MR) is 245 cm³/mol. The van der Waals surface area contributed by atoms with Gasteiger partial charge in [-0.05, 0) is 100.0 Å². The molecule has 4 amide bonds. The molecule has 0 spiro atoms. The first-order chi connectivity index (χ1) is 32.3. The molecule has 352 valence electrons. The zero-order valence-corrected chi connectivity index (χ0v) is 38.3. The molecule has 0 aliphatic carbocycles. The summed E-state index contributed by atoms with van der Waals surface area (Å²) in [5, 5.41) is 5.32. The third-order valence-electron chi connectivity index (χ3n) is 14.4. The van der Waals surface area contributed by atoms with Gasteiger partial charge in [0.25, 0.3) is 5.91 Å². The average Bonchev–Trinajstić information content (AvgIpc) is 3.82. The van der Waals surface area contributed by atoms with Crippen LogP contribution in [0.4, 0.5) is 20.4 Å². The Morgan fingerprint density at radius 1 is 0.881 bits per heavy atom. The van der Waals surface area contributed by atoms with E-state index >= 15 is 8.78 Å². The number of carbonyl (C=O) groups is 4. The molecule has 5 aliphatic heterocycles. The number of aryl methyl sites for hydroxylation is 2. The summed E-state index contributed by atoms with van der Waals surface area (Å²) < 4.78 is 34.4. The summed E-state index contributed by atoms with van der Waals surface area (Å²) in [4.78, 5) is 77.6. The van der Waals surface area contributed by atoms with Crippen LogP contribution >= 0.6 is 0 Å². The Kier molecular flexibility index (Phi) is 12.3. The number of hydrogen-bond acceptors (Lipinski definition) is 10. The van der Waals surface area contributed by atoms with E-state index < -0.39 is 29.4 Å². The van der Waals surface area contributed by atoms with Gasteiger partial charge in [-0.2, -0.15) is 0 Å². The summed E-state index contributed by atoms with van der Waals surface area (Å²) in [6.45, 7) is 11.7. The van der Waals surface area contributed by atoms with Crippen molar-refractivity contribution in [3.05, 3.63) is 88.7 Å². The highest BCUT2D eigenvalue weighted by Gasteiger charge is 2.39. The number of rotatable bonds is 6. The number of aromatic nitrogens is 5. The van der Waals surface area contributed by atoms with E-state index in [4.69, 9.17) is 14.8 Å². The number of pyridine rings is 1. The number of benzene rings is 2. The Balaban J connectivity index is 0.729. The zero-order valence-electron chi connectivity index (χ0n) is 38.3. The Morgan fingerprint density at radius 3 is 2.39 bits per heavy atom. The van der Waals surface area contributed by atoms with Crippen molar-refractivity contribution < 1.29 is 37.5 Å². The lowest BCUT2D eigenvalue weighted by molar-refractivity contribution is -0.777. The average molecular weight is 919 g/mol. The van der Waals surface area contributed by atoms with Gasteiger partial charge in [0.05, 0.1) is 28.6 Å². The van der Waals surface area contributed by atoms with Crippen LogP contribution in [0.3, 0.4) is 0 Å². The first-order valence-corrected chi connectivity index (χ1v) is 23.7. The van der Waals surface area contributed by atoms with Gasteiger partial charge in [0.1, 0.15) is 18.2 Å². The number of fused-ring (bicyclic) bond motifs is 7. The van der Waals surface area contributed by atoms with Crippen LogP contribution in [0.5, 0.6) is 0 Å². The molecule has 10 rings (SSSR count). The first kappa shape index (κ1) is 44.6. The van der Waals surface area contributed by atoms with Gasteiger partial charge in [-0.1, -0.05) is 17.7 Å². The van der Waals surface area contributed by atoms with Gasteiger partial charge < -0.3 is 19.2 Å². The smallest absolute Gasteiger partial charge is 0.258 e. The molecule has 18 heteroatoms. The number of imidazole rings is 1. The van der Waals surface area contributed by atoms with Crippen molar-refractivity contribution in [3.63, 3.8) is 0 Å². The number of piperidine rings is 2. The number of halogens is 2. The van der Waals surface area contributed by atoms with Crippen molar-refractivity contribution in [2.45, 2.75) is 77.4 Å². The van der Waals surface area contributed by atoms with Crippen molar-refractivity contribution in [1.29, 1.82) is 0 Å². The minimum atomic E-state index is -1.05. The van der Waals surface area contributed by atoms with Crippen molar-refractivity contribution in [2.24, 2.45) is 18.9 Å². The number of piperazine rings is 1. The second-order valence-electron chi connectivity index (χ2n) is 19.1. The molecular weight excluding hydrogens is 861 g/mol. The molecule has 8 heterocycles. The molecule has 2 N–H and O–H groups in total. The maximum absolute atomic E-state index is 15.2. The fraction of sp³-hybridized carbons (Fsp3) is 0.490. The van der Waals surface area contributed by atoms with Gasteiger partial charge in [0, 0.05) is 98.2 Å². The van der Waals surface area contributed by atoms with E-state index in [1.165, 1.54) is 17.7 Å². The summed E-state index contributed by atoms with van der Waals surface area (Å²) in [7, 11) is 1.92. The molecule has 4 saturated heterocycles. The lowest BCUT2D eigenvalue weighted by Crippen LogP contribution is -2.59. The van der Waals surface area contributed by atoms with E-state index in [-0.39, 0.29) is 36.1 Å². The predicted octanol–water partition coefficient (Wildman–Crippen LogP) is 4.19. The number of imide groups is 1. The van der Waals surface area contributed by atoms with Gasteiger partial charge in [-0.15, -0.1) is 0 Å². The van der Waals surface area contributed by atoms with E-state index in [9.17, 15) is 19.2 Å². The quantitative estimate of drug-likeness (QED) is 0.188. The van der Waals surface area contributed by atoms with Gasteiger partial charge in [0.15, 0.2) is 18.9 Å². The number of amides is 4. The van der Waals surface area contributed by atoms with Crippen molar-refractivity contribution in [3.8, 4) is 11.4 Å². The summed E-state index contributed by atoms with van der Waals surface area (Å²) >= 11 is 0. The van der Waals surface area contributed by atoms with Crippen LogP contribution < -0.4 is 25.1 Å². The maximum atomic E-state index is 15.2. The highest BCUT2D eigenvalue weighted by molar-refractivity contribution is 6.05. The third-order valence-corrected chi connectivity index (χ3v) is 14.4. The van der Waals surface area contributed by atoms with Gasteiger partial charge in [0.2, 0.25) is 23.7 Å². The minimum absolute atomic E-state index is 0.0307.